The molecule has 0 fully saturated rings. The minimum atomic E-state index is -0.290. The zero-order valence-electron chi connectivity index (χ0n) is 6.17. The summed E-state index contributed by atoms with van der Waals surface area (Å²) in [5.74, 6) is -0.290. The van der Waals surface area contributed by atoms with Crippen molar-refractivity contribution in [1.82, 2.24) is 8.96 Å². The second-order valence-corrected chi connectivity index (χ2v) is 5.27. The zero-order chi connectivity index (χ0) is 9.42. The Kier molecular flexibility index (Phi) is 2.98. The van der Waals surface area contributed by atoms with Crippen molar-refractivity contribution < 1.29 is 4.39 Å². The van der Waals surface area contributed by atoms with Crippen LogP contribution in [0.5, 0.6) is 0 Å². The highest BCUT2D eigenvalue weighted by Gasteiger charge is 2.08. The molecule has 0 aromatic carbocycles. The van der Waals surface area contributed by atoms with E-state index in [0.29, 0.717) is 0 Å². The second-order valence-electron chi connectivity index (χ2n) is 2.40. The first-order valence-electron chi connectivity index (χ1n) is 3.33. The van der Waals surface area contributed by atoms with Crippen molar-refractivity contribution >= 4 is 63.9 Å². The third-order valence-corrected chi connectivity index (χ3v) is 4.16. The fourth-order valence-electron chi connectivity index (χ4n) is 1.07. The van der Waals surface area contributed by atoms with Crippen LogP contribution in [0.1, 0.15) is 0 Å². The molecule has 2 rings (SSSR count). The fraction of sp³-hybridized carbons (Fsp3) is 0. The van der Waals surface area contributed by atoms with Crippen molar-refractivity contribution in [2.45, 2.75) is 0 Å². The molecule has 0 saturated carbocycles. The summed E-state index contributed by atoms with van der Waals surface area (Å²) < 4.78 is 15.8. The Morgan fingerprint density at radius 3 is 3.00 bits per heavy atom. The van der Waals surface area contributed by atoms with Gasteiger partial charge < -0.3 is 0 Å². The van der Waals surface area contributed by atoms with E-state index in [2.05, 4.69) is 48.8 Å². The summed E-state index contributed by atoms with van der Waals surface area (Å²) in [6.07, 6.45) is 3.18. The summed E-state index contributed by atoms with van der Waals surface area (Å²) in [7, 11) is 1.52. The number of halogens is 3. The van der Waals surface area contributed by atoms with Gasteiger partial charge in [-0.1, -0.05) is 0 Å². The Morgan fingerprint density at radius 1 is 1.54 bits per heavy atom. The van der Waals surface area contributed by atoms with Gasteiger partial charge in [-0.3, -0.25) is 3.97 Å². The number of aromatic nitrogens is 2. The van der Waals surface area contributed by atoms with Crippen LogP contribution >= 0.6 is 52.9 Å². The predicted molar refractivity (Wildman–Crippen MR) is 69.4 cm³/mol. The number of nitrogens with zero attached hydrogens (tertiary/aromatic N) is 2. The van der Waals surface area contributed by atoms with E-state index in [-0.39, 0.29) is 5.82 Å². The van der Waals surface area contributed by atoms with Crippen molar-refractivity contribution in [2.75, 3.05) is 0 Å². The highest BCUT2D eigenvalue weighted by atomic mass is 127. The number of hydrogen-bond donors (Lipinski definition) is 0. The van der Waals surface area contributed by atoms with Gasteiger partial charge in [0.15, 0.2) is 5.65 Å². The monoisotopic (exact) mass is 420 g/mol. The molecular formula is C7H3FI2N2S. The Labute approximate surface area is 104 Å². The van der Waals surface area contributed by atoms with Crippen LogP contribution in [0.4, 0.5) is 4.39 Å². The Bertz CT molecular complexity index is 457. The molecule has 0 bridgehead atoms. The summed E-state index contributed by atoms with van der Waals surface area (Å²) in [4.78, 5) is 4.03. The molecule has 0 aliphatic carbocycles. The molecule has 0 unspecified atom stereocenters. The van der Waals surface area contributed by atoms with Crippen LogP contribution < -0.4 is 0 Å². The SMILES string of the molecule is Fc1cnc2c(c1)c(I)cn2SI. The molecule has 0 aliphatic rings. The maximum absolute atomic E-state index is 12.8. The molecule has 0 saturated heterocycles. The molecular weight excluding hydrogens is 417 g/mol. The summed E-state index contributed by atoms with van der Waals surface area (Å²) in [5, 5.41) is 0.866. The van der Waals surface area contributed by atoms with E-state index in [1.807, 2.05) is 10.2 Å². The molecule has 0 amide bonds. The quantitative estimate of drug-likeness (QED) is 0.657. The number of pyridine rings is 1. The summed E-state index contributed by atoms with van der Waals surface area (Å²) >= 11 is 4.34. The van der Waals surface area contributed by atoms with Crippen molar-refractivity contribution in [3.8, 4) is 0 Å². The van der Waals surface area contributed by atoms with Crippen molar-refractivity contribution in [1.29, 1.82) is 0 Å². The minimum absolute atomic E-state index is 0.290. The first-order valence-corrected chi connectivity index (χ1v) is 7.73. The van der Waals surface area contributed by atoms with E-state index in [4.69, 9.17) is 0 Å². The summed E-state index contributed by atoms with van der Waals surface area (Å²) in [5.41, 5.74) is 0.810. The summed E-state index contributed by atoms with van der Waals surface area (Å²) in [6, 6.07) is 1.51. The number of rotatable bonds is 1. The largest absolute Gasteiger partial charge is 0.265 e. The van der Waals surface area contributed by atoms with Gasteiger partial charge in [0, 0.05) is 45.5 Å². The molecule has 0 aliphatic heterocycles. The Morgan fingerprint density at radius 2 is 2.31 bits per heavy atom. The smallest absolute Gasteiger partial charge is 0.151 e. The number of fused-ring (bicyclic) bond motifs is 1. The topological polar surface area (TPSA) is 17.8 Å². The molecule has 2 heterocycles. The molecule has 2 nitrogen and oxygen atoms in total. The molecule has 0 spiro atoms. The maximum Gasteiger partial charge on any atom is 0.151 e. The van der Waals surface area contributed by atoms with Crippen LogP contribution in [-0.2, 0) is 0 Å². The number of hydrogen-bond acceptors (Lipinski definition) is 2. The van der Waals surface area contributed by atoms with Crippen LogP contribution in [0, 0.1) is 9.39 Å². The van der Waals surface area contributed by atoms with E-state index >= 15 is 0 Å². The Balaban J connectivity index is 2.80. The normalized spacial score (nSPS) is 11.0. The standard InChI is InChI=1S/C7H3FI2N2S/c8-4-1-5-6(9)3-12(13-10)7(5)11-2-4/h1-3H. The molecule has 0 atom stereocenters. The molecule has 0 N–H and O–H groups in total. The fourth-order valence-corrected chi connectivity index (χ4v) is 3.19. The van der Waals surface area contributed by atoms with E-state index in [0.717, 1.165) is 14.6 Å². The zero-order valence-corrected chi connectivity index (χ0v) is 11.3. The first kappa shape index (κ1) is 9.97. The minimum Gasteiger partial charge on any atom is -0.265 e. The van der Waals surface area contributed by atoms with Gasteiger partial charge in [-0.2, -0.15) is 0 Å². The van der Waals surface area contributed by atoms with Gasteiger partial charge in [0.2, 0.25) is 0 Å². The molecule has 2 aromatic heterocycles. The molecule has 6 heteroatoms. The van der Waals surface area contributed by atoms with Crippen LogP contribution in [0.2, 0.25) is 0 Å². The van der Waals surface area contributed by atoms with Crippen molar-refractivity contribution in [3.05, 3.63) is 27.8 Å². The van der Waals surface area contributed by atoms with Crippen LogP contribution in [0.3, 0.4) is 0 Å². The molecule has 68 valence electrons. The second kappa shape index (κ2) is 3.89. The van der Waals surface area contributed by atoms with Gasteiger partial charge in [0.25, 0.3) is 0 Å². The van der Waals surface area contributed by atoms with Gasteiger partial charge >= 0.3 is 0 Å². The average molecular weight is 420 g/mol. The van der Waals surface area contributed by atoms with Crippen molar-refractivity contribution in [3.63, 3.8) is 0 Å². The molecule has 0 radical (unpaired) electrons. The lowest BCUT2D eigenvalue weighted by molar-refractivity contribution is 0.624. The van der Waals surface area contributed by atoms with E-state index in [1.165, 1.54) is 21.4 Å². The maximum atomic E-state index is 12.8. The van der Waals surface area contributed by atoms with Crippen molar-refractivity contribution in [2.24, 2.45) is 0 Å². The van der Waals surface area contributed by atoms with Crippen LogP contribution in [0.15, 0.2) is 18.5 Å². The highest BCUT2D eigenvalue weighted by Crippen LogP contribution is 2.27. The average Bonchev–Trinajstić information content (AvgIpc) is 2.43. The van der Waals surface area contributed by atoms with Gasteiger partial charge in [0.05, 0.1) is 6.20 Å². The van der Waals surface area contributed by atoms with E-state index in [1.54, 1.807) is 0 Å². The van der Waals surface area contributed by atoms with Crippen LogP contribution in [0.25, 0.3) is 11.0 Å². The predicted octanol–water partition coefficient (Wildman–Crippen LogP) is 3.63. The van der Waals surface area contributed by atoms with Gasteiger partial charge in [-0.05, 0) is 28.7 Å². The third kappa shape index (κ3) is 1.80. The van der Waals surface area contributed by atoms with E-state index in [9.17, 15) is 4.39 Å². The van der Waals surface area contributed by atoms with Gasteiger partial charge in [0.1, 0.15) is 5.82 Å². The Hall–Kier alpha value is 0.430. The lowest BCUT2D eigenvalue weighted by Crippen LogP contribution is -1.84. The van der Waals surface area contributed by atoms with E-state index < -0.39 is 0 Å². The lowest BCUT2D eigenvalue weighted by atomic mass is 10.3. The summed E-state index contributed by atoms with van der Waals surface area (Å²) in [6.45, 7) is 0. The third-order valence-electron chi connectivity index (χ3n) is 1.60. The van der Waals surface area contributed by atoms with Gasteiger partial charge in [-0.15, -0.1) is 0 Å². The molecule has 2 aromatic rings. The van der Waals surface area contributed by atoms with Gasteiger partial charge in [-0.25, -0.2) is 9.37 Å². The lowest BCUT2D eigenvalue weighted by Gasteiger charge is -1.95. The molecule has 13 heavy (non-hydrogen) atoms. The van der Waals surface area contributed by atoms with Crippen LogP contribution in [-0.4, -0.2) is 8.96 Å². The highest BCUT2D eigenvalue weighted by molar-refractivity contribution is 14.2. The first-order chi connectivity index (χ1) is 6.22.